The molecule has 3 aliphatic rings. The molecule has 1 heterocycles. The highest BCUT2D eigenvalue weighted by molar-refractivity contribution is 5.95. The molecule has 0 radical (unpaired) electrons. The fourth-order valence-corrected chi connectivity index (χ4v) is 6.04. The molecule has 0 spiro atoms. The first-order chi connectivity index (χ1) is 18.8. The van der Waals surface area contributed by atoms with Crippen LogP contribution < -0.4 is 5.32 Å². The van der Waals surface area contributed by atoms with Crippen LogP contribution in [-0.4, -0.2) is 76.9 Å². The summed E-state index contributed by atoms with van der Waals surface area (Å²) in [6, 6.07) is 13.2. The molecule has 2 N–H and O–H groups in total. The number of nitrogens with zero attached hydrogens (tertiary/aromatic N) is 2. The fourth-order valence-electron chi connectivity index (χ4n) is 6.04. The lowest BCUT2D eigenvalue weighted by Crippen LogP contribution is -2.53. The van der Waals surface area contributed by atoms with E-state index >= 15 is 0 Å². The number of carbonyl (C=O) groups excluding carboxylic acids is 3. The van der Waals surface area contributed by atoms with Crippen LogP contribution in [0.5, 0.6) is 0 Å². The van der Waals surface area contributed by atoms with Gasteiger partial charge in [-0.05, 0) is 42.0 Å². The van der Waals surface area contributed by atoms with Gasteiger partial charge >= 0.3 is 18.2 Å². The van der Waals surface area contributed by atoms with E-state index in [1.165, 1.54) is 7.11 Å². The summed E-state index contributed by atoms with van der Waals surface area (Å²) < 4.78 is 10.4. The maximum atomic E-state index is 13.5. The largest absolute Gasteiger partial charge is 0.465 e. The molecule has 3 amide bonds. The zero-order valence-corrected chi connectivity index (χ0v) is 21.8. The third kappa shape index (κ3) is 4.29. The van der Waals surface area contributed by atoms with Crippen LogP contribution in [0, 0.1) is 5.92 Å². The minimum Gasteiger partial charge on any atom is -0.465 e. The minimum atomic E-state index is -1.30. The number of likely N-dealkylation sites (tertiary alicyclic amines) is 1. The topological polar surface area (TPSA) is 125 Å². The summed E-state index contributed by atoms with van der Waals surface area (Å²) in [5, 5.41) is 12.8. The van der Waals surface area contributed by atoms with Gasteiger partial charge in [0.1, 0.15) is 11.6 Å². The molecule has 0 bridgehead atoms. The van der Waals surface area contributed by atoms with Gasteiger partial charge in [-0.2, -0.15) is 0 Å². The molecular weight excluding hydrogens is 502 g/mol. The quantitative estimate of drug-likeness (QED) is 0.412. The van der Waals surface area contributed by atoms with Crippen LogP contribution in [-0.2, 0) is 19.1 Å². The molecule has 10 nitrogen and oxygen atoms in total. The Morgan fingerprint density at radius 3 is 2.26 bits per heavy atom. The van der Waals surface area contributed by atoms with Gasteiger partial charge in [-0.15, -0.1) is 6.58 Å². The van der Waals surface area contributed by atoms with Gasteiger partial charge in [0.05, 0.1) is 25.8 Å². The van der Waals surface area contributed by atoms with E-state index in [-0.39, 0.29) is 25.5 Å². The second kappa shape index (κ2) is 10.1. The van der Waals surface area contributed by atoms with Crippen LogP contribution in [0.2, 0.25) is 0 Å². The van der Waals surface area contributed by atoms with Crippen molar-refractivity contribution in [3.05, 3.63) is 72.3 Å². The number of benzene rings is 2. The summed E-state index contributed by atoms with van der Waals surface area (Å²) in [7, 11) is 1.28. The Bertz CT molecular complexity index is 1300. The number of hydrogen-bond acceptors (Lipinski definition) is 6. The fraction of sp³-hybridized carbons (Fsp3) is 0.379. The van der Waals surface area contributed by atoms with Crippen LogP contribution in [0.3, 0.4) is 0 Å². The van der Waals surface area contributed by atoms with Crippen LogP contribution >= 0.6 is 0 Å². The van der Waals surface area contributed by atoms with Gasteiger partial charge < -0.3 is 19.9 Å². The number of amides is 3. The van der Waals surface area contributed by atoms with Crippen molar-refractivity contribution in [2.45, 2.75) is 43.4 Å². The molecule has 2 aliphatic carbocycles. The van der Waals surface area contributed by atoms with Gasteiger partial charge in [0.15, 0.2) is 0 Å². The van der Waals surface area contributed by atoms with Crippen LogP contribution in [0.1, 0.15) is 36.9 Å². The molecular formula is C29H31N3O7. The summed E-state index contributed by atoms with van der Waals surface area (Å²) >= 11 is 0. The highest BCUT2D eigenvalue weighted by atomic mass is 16.5. The Labute approximate surface area is 226 Å². The second-order valence-electron chi connectivity index (χ2n) is 10.0. The predicted molar refractivity (Wildman–Crippen MR) is 141 cm³/mol. The summed E-state index contributed by atoms with van der Waals surface area (Å²) in [5.41, 5.74) is 2.49. The maximum absolute atomic E-state index is 13.5. The summed E-state index contributed by atoms with van der Waals surface area (Å²) in [6.07, 6.45) is 0.0214. The first-order valence-electron chi connectivity index (χ1n) is 12.9. The molecule has 0 aromatic heterocycles. The van der Waals surface area contributed by atoms with E-state index in [1.807, 2.05) is 48.5 Å². The number of rotatable bonds is 7. The molecule has 2 aromatic rings. The van der Waals surface area contributed by atoms with Crippen molar-refractivity contribution in [3.63, 3.8) is 0 Å². The molecule has 4 unspecified atom stereocenters. The van der Waals surface area contributed by atoms with E-state index < -0.39 is 47.7 Å². The van der Waals surface area contributed by atoms with Crippen molar-refractivity contribution in [1.29, 1.82) is 0 Å². The van der Waals surface area contributed by atoms with E-state index in [0.29, 0.717) is 6.42 Å². The zero-order valence-electron chi connectivity index (χ0n) is 21.8. The molecule has 39 heavy (non-hydrogen) atoms. The first-order valence-corrected chi connectivity index (χ1v) is 12.9. The van der Waals surface area contributed by atoms with Crippen LogP contribution in [0.4, 0.5) is 9.59 Å². The van der Waals surface area contributed by atoms with Crippen molar-refractivity contribution in [1.82, 2.24) is 15.1 Å². The van der Waals surface area contributed by atoms with Crippen molar-refractivity contribution in [2.24, 2.45) is 5.92 Å². The van der Waals surface area contributed by atoms with Crippen molar-refractivity contribution in [2.75, 3.05) is 20.3 Å². The Balaban J connectivity index is 1.47. The highest BCUT2D eigenvalue weighted by Crippen LogP contribution is 2.48. The van der Waals surface area contributed by atoms with E-state index in [0.717, 1.165) is 27.2 Å². The van der Waals surface area contributed by atoms with Gasteiger partial charge in [0.25, 0.3) is 0 Å². The predicted octanol–water partition coefficient (Wildman–Crippen LogP) is 3.57. The minimum absolute atomic E-state index is 0.0335. The molecule has 1 saturated heterocycles. The molecule has 4 atom stereocenters. The summed E-state index contributed by atoms with van der Waals surface area (Å²) in [6.45, 7) is 5.45. The number of ether oxygens (including phenoxy) is 2. The lowest BCUT2D eigenvalue weighted by atomic mass is 10.0. The van der Waals surface area contributed by atoms with Gasteiger partial charge in [0, 0.05) is 12.5 Å². The molecule has 2 fully saturated rings. The Hall–Kier alpha value is -4.34. The number of fused-ring (bicyclic) bond motifs is 3. The average molecular weight is 534 g/mol. The van der Waals surface area contributed by atoms with Gasteiger partial charge in [0.2, 0.25) is 5.91 Å². The van der Waals surface area contributed by atoms with Gasteiger partial charge in [-0.1, -0.05) is 54.6 Å². The third-order valence-corrected chi connectivity index (χ3v) is 7.97. The SMILES string of the molecule is C=CC1CC1(NC(=O)C1CC(N(C(=O)OC)C2c3ccccc3-c3ccccc32)CN1C(=O)O)C(=O)OCC. The highest BCUT2D eigenvalue weighted by Gasteiger charge is 2.62. The Morgan fingerprint density at radius 2 is 1.74 bits per heavy atom. The molecule has 5 rings (SSSR count). The van der Waals surface area contributed by atoms with Crippen LogP contribution in [0.15, 0.2) is 61.2 Å². The van der Waals surface area contributed by atoms with Crippen LogP contribution in [0.25, 0.3) is 11.1 Å². The van der Waals surface area contributed by atoms with E-state index in [2.05, 4.69) is 11.9 Å². The van der Waals surface area contributed by atoms with Gasteiger partial charge in [-0.25, -0.2) is 14.4 Å². The normalized spacial score (nSPS) is 24.8. The zero-order chi connectivity index (χ0) is 27.9. The molecule has 1 saturated carbocycles. The summed E-state index contributed by atoms with van der Waals surface area (Å²) in [5.74, 6) is -1.50. The lowest BCUT2D eigenvalue weighted by molar-refractivity contribution is -0.149. The lowest BCUT2D eigenvalue weighted by Gasteiger charge is -2.34. The molecule has 204 valence electrons. The summed E-state index contributed by atoms with van der Waals surface area (Å²) in [4.78, 5) is 54.4. The molecule has 10 heteroatoms. The van der Waals surface area contributed by atoms with E-state index in [9.17, 15) is 24.3 Å². The Kier molecular flexibility index (Phi) is 6.80. The van der Waals surface area contributed by atoms with E-state index in [4.69, 9.17) is 9.47 Å². The Morgan fingerprint density at radius 1 is 1.13 bits per heavy atom. The standard InChI is InChI=1S/C29H31N3O7/c1-4-17-15-29(17,26(34)39-5-2)30-25(33)23-14-18(16-31(23)27(35)36)32(28(37)38-3)24-21-12-8-6-10-19(21)20-11-7-9-13-22(20)24/h4,6-13,17-18,23-24H,1,5,14-16H2,2-3H3,(H,30,33)(H,35,36). The monoisotopic (exact) mass is 533 g/mol. The van der Waals surface area contributed by atoms with Crippen molar-refractivity contribution >= 4 is 24.1 Å². The maximum Gasteiger partial charge on any atom is 0.410 e. The number of hydrogen-bond donors (Lipinski definition) is 2. The number of methoxy groups -OCH3 is 1. The number of esters is 1. The third-order valence-electron chi connectivity index (χ3n) is 7.97. The van der Waals surface area contributed by atoms with Gasteiger partial charge in [-0.3, -0.25) is 14.6 Å². The average Bonchev–Trinajstić information content (AvgIpc) is 3.32. The van der Waals surface area contributed by atoms with Crippen molar-refractivity contribution < 1.29 is 33.8 Å². The molecule has 2 aromatic carbocycles. The molecule has 1 aliphatic heterocycles. The second-order valence-corrected chi connectivity index (χ2v) is 10.0. The van der Waals surface area contributed by atoms with E-state index in [1.54, 1.807) is 17.9 Å². The van der Waals surface area contributed by atoms with Crippen molar-refractivity contribution in [3.8, 4) is 11.1 Å². The number of carbonyl (C=O) groups is 4. The number of carboxylic acid groups (broad SMARTS) is 1. The smallest absolute Gasteiger partial charge is 0.410 e. The number of nitrogens with one attached hydrogen (secondary N) is 1. The first kappa shape index (κ1) is 26.3.